The second-order valence-corrected chi connectivity index (χ2v) is 5.94. The molecule has 3 N–H and O–H groups in total. The lowest BCUT2D eigenvalue weighted by molar-refractivity contribution is -0.127. The molecule has 0 fully saturated rings. The molecule has 0 atom stereocenters. The van der Waals surface area contributed by atoms with E-state index in [1.807, 2.05) is 24.3 Å². The highest BCUT2D eigenvalue weighted by molar-refractivity contribution is 9.11. The van der Waals surface area contributed by atoms with Crippen molar-refractivity contribution in [2.45, 2.75) is 20.3 Å². The molecule has 2 aromatic rings. The Kier molecular flexibility index (Phi) is 4.66. The second-order valence-electron chi connectivity index (χ2n) is 4.23. The highest BCUT2D eigenvalue weighted by atomic mass is 79.9. The molecular weight excluding hydrogens is 392 g/mol. The average Bonchev–Trinajstić information content (AvgIpc) is 2.81. The number of anilines is 1. The topological polar surface area (TPSA) is 78.7 Å². The third-order valence-corrected chi connectivity index (χ3v) is 4.36. The van der Waals surface area contributed by atoms with Gasteiger partial charge in [-0.3, -0.25) is 14.4 Å². The normalized spacial score (nSPS) is 10.8. The molecule has 0 radical (unpaired) electrons. The number of rotatable bonds is 4. The summed E-state index contributed by atoms with van der Waals surface area (Å²) in [7, 11) is 0. The SMILES string of the molecule is CCc1nc2c(Br)cc(Br)c(C)n2c1NCC(=O)NO. The Morgan fingerprint density at radius 2 is 2.15 bits per heavy atom. The van der Waals surface area contributed by atoms with Crippen LogP contribution in [0.5, 0.6) is 0 Å². The van der Waals surface area contributed by atoms with Gasteiger partial charge in [-0.25, -0.2) is 10.5 Å². The zero-order chi connectivity index (χ0) is 14.9. The van der Waals surface area contributed by atoms with Gasteiger partial charge in [-0.15, -0.1) is 0 Å². The Balaban J connectivity index is 2.58. The summed E-state index contributed by atoms with van der Waals surface area (Å²) >= 11 is 6.99. The minimum atomic E-state index is -0.506. The van der Waals surface area contributed by atoms with Crippen LogP contribution in [0.2, 0.25) is 0 Å². The molecule has 2 heterocycles. The van der Waals surface area contributed by atoms with Gasteiger partial charge >= 0.3 is 0 Å². The number of fused-ring (bicyclic) bond motifs is 1. The predicted octanol–water partition coefficient (Wildman–Crippen LogP) is 2.65. The maximum Gasteiger partial charge on any atom is 0.262 e. The third kappa shape index (κ3) is 2.68. The zero-order valence-corrected chi connectivity index (χ0v) is 14.2. The van der Waals surface area contributed by atoms with Gasteiger partial charge in [-0.1, -0.05) is 6.92 Å². The van der Waals surface area contributed by atoms with Crippen molar-refractivity contribution in [3.63, 3.8) is 0 Å². The summed E-state index contributed by atoms with van der Waals surface area (Å²) in [6, 6.07) is 1.95. The molecule has 108 valence electrons. The van der Waals surface area contributed by atoms with E-state index in [1.165, 1.54) is 0 Å². The van der Waals surface area contributed by atoms with E-state index < -0.39 is 5.91 Å². The number of aromatic nitrogens is 2. The van der Waals surface area contributed by atoms with Crippen LogP contribution in [-0.4, -0.2) is 27.0 Å². The number of amides is 1. The van der Waals surface area contributed by atoms with Gasteiger partial charge < -0.3 is 5.32 Å². The van der Waals surface area contributed by atoms with Crippen molar-refractivity contribution in [3.8, 4) is 0 Å². The molecule has 0 spiro atoms. The molecule has 0 unspecified atom stereocenters. The first-order valence-electron chi connectivity index (χ1n) is 6.02. The standard InChI is InChI=1S/C12H14Br2N4O2/c1-3-9-12(15-5-10(19)17-20)18-6(2)7(13)4-8(14)11(18)16-9/h4,15,20H,3,5H2,1-2H3,(H,17,19). The van der Waals surface area contributed by atoms with E-state index in [2.05, 4.69) is 42.2 Å². The molecule has 0 aliphatic heterocycles. The number of carbonyl (C=O) groups is 1. The van der Waals surface area contributed by atoms with E-state index in [0.717, 1.165) is 38.2 Å². The van der Waals surface area contributed by atoms with Crippen molar-refractivity contribution in [2.24, 2.45) is 0 Å². The van der Waals surface area contributed by atoms with Crippen molar-refractivity contribution in [1.82, 2.24) is 14.9 Å². The van der Waals surface area contributed by atoms with Gasteiger partial charge in [0.25, 0.3) is 5.91 Å². The summed E-state index contributed by atoms with van der Waals surface area (Å²) in [5, 5.41) is 11.6. The number of imidazole rings is 1. The van der Waals surface area contributed by atoms with Gasteiger partial charge in [0.2, 0.25) is 0 Å². The number of aryl methyl sites for hydroxylation is 2. The van der Waals surface area contributed by atoms with Crippen molar-refractivity contribution in [1.29, 1.82) is 0 Å². The highest BCUT2D eigenvalue weighted by Crippen LogP contribution is 2.30. The number of carbonyl (C=O) groups excluding carboxylic acids is 1. The maximum absolute atomic E-state index is 11.2. The fraction of sp³-hybridized carbons (Fsp3) is 0.333. The van der Waals surface area contributed by atoms with E-state index in [1.54, 1.807) is 5.48 Å². The van der Waals surface area contributed by atoms with Crippen LogP contribution in [0.15, 0.2) is 15.0 Å². The molecule has 0 saturated carbocycles. The van der Waals surface area contributed by atoms with Crippen molar-refractivity contribution in [2.75, 3.05) is 11.9 Å². The van der Waals surface area contributed by atoms with E-state index in [0.29, 0.717) is 0 Å². The van der Waals surface area contributed by atoms with Crippen molar-refractivity contribution in [3.05, 3.63) is 26.4 Å². The van der Waals surface area contributed by atoms with Gasteiger partial charge in [0, 0.05) is 10.2 Å². The maximum atomic E-state index is 11.2. The van der Waals surface area contributed by atoms with Crippen LogP contribution in [0.25, 0.3) is 5.65 Å². The van der Waals surface area contributed by atoms with E-state index >= 15 is 0 Å². The van der Waals surface area contributed by atoms with Crippen LogP contribution < -0.4 is 10.8 Å². The molecule has 0 aromatic carbocycles. The fourth-order valence-corrected chi connectivity index (χ4v) is 3.18. The lowest BCUT2D eigenvalue weighted by atomic mass is 10.3. The molecule has 0 bridgehead atoms. The molecule has 0 aliphatic rings. The first-order valence-corrected chi connectivity index (χ1v) is 7.60. The number of hydrogen-bond acceptors (Lipinski definition) is 4. The number of nitrogens with zero attached hydrogens (tertiary/aromatic N) is 2. The summed E-state index contributed by atoms with van der Waals surface area (Å²) < 4.78 is 3.74. The molecular formula is C12H14Br2N4O2. The molecule has 8 heteroatoms. The molecule has 2 aromatic heterocycles. The Hall–Kier alpha value is -1.12. The summed E-state index contributed by atoms with van der Waals surface area (Å²) in [6.07, 6.45) is 0.730. The van der Waals surface area contributed by atoms with Crippen LogP contribution in [0.4, 0.5) is 5.82 Å². The van der Waals surface area contributed by atoms with Gasteiger partial charge in [-0.2, -0.15) is 0 Å². The fourth-order valence-electron chi connectivity index (χ4n) is 1.97. The quantitative estimate of drug-likeness (QED) is 0.539. The van der Waals surface area contributed by atoms with Crippen molar-refractivity contribution < 1.29 is 10.0 Å². The molecule has 2 rings (SSSR count). The lowest BCUT2D eigenvalue weighted by Crippen LogP contribution is -2.27. The van der Waals surface area contributed by atoms with Crippen LogP contribution in [0.3, 0.4) is 0 Å². The Labute approximate surface area is 132 Å². The Bertz CT molecular complexity index is 669. The lowest BCUT2D eigenvalue weighted by Gasteiger charge is -2.11. The highest BCUT2D eigenvalue weighted by Gasteiger charge is 2.17. The van der Waals surface area contributed by atoms with Crippen molar-refractivity contribution >= 4 is 49.2 Å². The molecule has 20 heavy (non-hydrogen) atoms. The Morgan fingerprint density at radius 1 is 1.45 bits per heavy atom. The third-order valence-electron chi connectivity index (χ3n) is 2.97. The Morgan fingerprint density at radius 3 is 2.75 bits per heavy atom. The van der Waals surface area contributed by atoms with Crippen LogP contribution >= 0.6 is 31.9 Å². The van der Waals surface area contributed by atoms with Gasteiger partial charge in [0.05, 0.1) is 16.7 Å². The number of halogens is 2. The minimum Gasteiger partial charge on any atom is -0.360 e. The van der Waals surface area contributed by atoms with Gasteiger partial charge in [-0.05, 0) is 51.3 Å². The summed E-state index contributed by atoms with van der Waals surface area (Å²) in [5.41, 5.74) is 4.22. The predicted molar refractivity (Wildman–Crippen MR) is 83.1 cm³/mol. The van der Waals surface area contributed by atoms with E-state index in [-0.39, 0.29) is 6.54 Å². The second kappa shape index (κ2) is 6.11. The van der Waals surface area contributed by atoms with Crippen LogP contribution in [0, 0.1) is 6.92 Å². The molecule has 0 aliphatic carbocycles. The van der Waals surface area contributed by atoms with Gasteiger partial charge in [0.15, 0.2) is 5.65 Å². The van der Waals surface area contributed by atoms with Crippen LogP contribution in [-0.2, 0) is 11.2 Å². The summed E-state index contributed by atoms with van der Waals surface area (Å²) in [5.74, 6) is 0.249. The molecule has 0 saturated heterocycles. The average molecular weight is 406 g/mol. The number of nitrogens with one attached hydrogen (secondary N) is 2. The largest absolute Gasteiger partial charge is 0.360 e. The zero-order valence-electron chi connectivity index (χ0n) is 11.0. The summed E-state index contributed by atoms with van der Waals surface area (Å²) in [6.45, 7) is 3.93. The summed E-state index contributed by atoms with van der Waals surface area (Å²) in [4.78, 5) is 15.8. The van der Waals surface area contributed by atoms with Gasteiger partial charge in [0.1, 0.15) is 5.82 Å². The smallest absolute Gasteiger partial charge is 0.262 e. The molecule has 1 amide bonds. The van der Waals surface area contributed by atoms with Crippen LogP contribution in [0.1, 0.15) is 18.3 Å². The van der Waals surface area contributed by atoms with E-state index in [4.69, 9.17) is 5.21 Å². The number of hydrogen-bond donors (Lipinski definition) is 3. The monoisotopic (exact) mass is 404 g/mol. The molecule has 6 nitrogen and oxygen atoms in total. The first kappa shape index (κ1) is 15.3. The minimum absolute atomic E-state index is 0.0269. The number of hydroxylamine groups is 1. The first-order chi connectivity index (χ1) is 9.49. The van der Waals surface area contributed by atoms with E-state index in [9.17, 15) is 4.79 Å². The number of pyridine rings is 1.